The van der Waals surface area contributed by atoms with Crippen LogP contribution in [0.25, 0.3) is 0 Å². The average Bonchev–Trinajstić information content (AvgIpc) is 2.98. The Morgan fingerprint density at radius 1 is 1.35 bits per heavy atom. The van der Waals surface area contributed by atoms with Gasteiger partial charge in [-0.3, -0.25) is 4.79 Å². The molecule has 17 heavy (non-hydrogen) atoms. The molecule has 0 saturated heterocycles. The Morgan fingerprint density at radius 2 is 1.94 bits per heavy atom. The highest BCUT2D eigenvalue weighted by Gasteiger charge is 2.45. The summed E-state index contributed by atoms with van der Waals surface area (Å²) in [6, 6.07) is 6.22. The molecule has 2 rings (SSSR count). The van der Waals surface area contributed by atoms with Crippen LogP contribution in [0.5, 0.6) is 5.75 Å². The molecule has 0 unspecified atom stereocenters. The van der Waals surface area contributed by atoms with Crippen LogP contribution in [0, 0.1) is 0 Å². The van der Waals surface area contributed by atoms with Gasteiger partial charge in [0.1, 0.15) is 5.75 Å². The van der Waals surface area contributed by atoms with E-state index in [4.69, 9.17) is 5.11 Å². The van der Waals surface area contributed by atoms with Crippen LogP contribution in [0.3, 0.4) is 0 Å². The molecule has 1 N–H and O–H groups in total. The summed E-state index contributed by atoms with van der Waals surface area (Å²) in [5, 5.41) is 8.80. The molecule has 0 amide bonds. The van der Waals surface area contributed by atoms with E-state index in [0.29, 0.717) is 0 Å². The number of carboxylic acids is 1. The SMILES string of the molecule is O=C(O)CC1(c2ccc(OC(F)F)cc2)CC1. The van der Waals surface area contributed by atoms with Crippen molar-refractivity contribution in [3.8, 4) is 5.75 Å². The maximum Gasteiger partial charge on any atom is 0.387 e. The third-order valence-corrected chi connectivity index (χ3v) is 3.04. The number of carbonyl (C=O) groups is 1. The third-order valence-electron chi connectivity index (χ3n) is 3.04. The van der Waals surface area contributed by atoms with E-state index in [0.717, 1.165) is 18.4 Å². The van der Waals surface area contributed by atoms with Gasteiger partial charge in [-0.2, -0.15) is 8.78 Å². The fourth-order valence-electron chi connectivity index (χ4n) is 2.00. The first-order valence-corrected chi connectivity index (χ1v) is 5.29. The first kappa shape index (κ1) is 11.8. The molecule has 0 aromatic heterocycles. The van der Waals surface area contributed by atoms with Crippen molar-refractivity contribution in [2.24, 2.45) is 0 Å². The second kappa shape index (κ2) is 4.31. The fraction of sp³-hybridized carbons (Fsp3) is 0.417. The first-order valence-electron chi connectivity index (χ1n) is 5.29. The number of aliphatic carboxylic acids is 1. The Balaban J connectivity index is 2.10. The second-order valence-electron chi connectivity index (χ2n) is 4.25. The number of carboxylic acid groups (broad SMARTS) is 1. The number of halogens is 2. The monoisotopic (exact) mass is 242 g/mol. The minimum Gasteiger partial charge on any atom is -0.481 e. The lowest BCUT2D eigenvalue weighted by Gasteiger charge is -2.13. The van der Waals surface area contributed by atoms with Crippen LogP contribution in [-0.4, -0.2) is 17.7 Å². The summed E-state index contributed by atoms with van der Waals surface area (Å²) < 4.78 is 28.1. The molecule has 0 radical (unpaired) electrons. The summed E-state index contributed by atoms with van der Waals surface area (Å²) in [6.45, 7) is -2.84. The molecule has 1 fully saturated rings. The van der Waals surface area contributed by atoms with Gasteiger partial charge in [-0.05, 0) is 30.5 Å². The fourth-order valence-corrected chi connectivity index (χ4v) is 2.00. The lowest BCUT2D eigenvalue weighted by Crippen LogP contribution is -2.12. The Morgan fingerprint density at radius 3 is 2.35 bits per heavy atom. The number of ether oxygens (including phenoxy) is 1. The highest BCUT2D eigenvalue weighted by molar-refractivity contribution is 5.70. The summed E-state index contributed by atoms with van der Waals surface area (Å²) in [6.07, 6.45) is 1.74. The van der Waals surface area contributed by atoms with Gasteiger partial charge in [0.05, 0.1) is 6.42 Å². The van der Waals surface area contributed by atoms with Crippen molar-refractivity contribution in [1.82, 2.24) is 0 Å². The molecule has 1 aliphatic carbocycles. The number of rotatable bonds is 5. The molecule has 92 valence electrons. The molecule has 1 aromatic rings. The van der Waals surface area contributed by atoms with Gasteiger partial charge in [0.15, 0.2) is 0 Å². The molecule has 3 nitrogen and oxygen atoms in total. The van der Waals surface area contributed by atoms with E-state index in [2.05, 4.69) is 4.74 Å². The summed E-state index contributed by atoms with van der Waals surface area (Å²) in [5.74, 6) is -0.745. The molecular weight excluding hydrogens is 230 g/mol. The number of benzene rings is 1. The van der Waals surface area contributed by atoms with E-state index in [-0.39, 0.29) is 17.6 Å². The molecule has 1 saturated carbocycles. The van der Waals surface area contributed by atoms with Crippen molar-refractivity contribution in [1.29, 1.82) is 0 Å². The highest BCUT2D eigenvalue weighted by atomic mass is 19.3. The van der Waals surface area contributed by atoms with Crippen LogP contribution in [0.1, 0.15) is 24.8 Å². The highest BCUT2D eigenvalue weighted by Crippen LogP contribution is 2.51. The van der Waals surface area contributed by atoms with Gasteiger partial charge in [0, 0.05) is 5.41 Å². The van der Waals surface area contributed by atoms with Gasteiger partial charge < -0.3 is 9.84 Å². The van der Waals surface area contributed by atoms with E-state index in [1.165, 1.54) is 12.1 Å². The van der Waals surface area contributed by atoms with Crippen LogP contribution < -0.4 is 4.74 Å². The maximum atomic E-state index is 11.9. The van der Waals surface area contributed by atoms with Crippen LogP contribution in [0.4, 0.5) is 8.78 Å². The zero-order valence-electron chi connectivity index (χ0n) is 9.03. The zero-order valence-corrected chi connectivity index (χ0v) is 9.03. The van der Waals surface area contributed by atoms with Crippen LogP contribution >= 0.6 is 0 Å². The lowest BCUT2D eigenvalue weighted by atomic mass is 9.92. The topological polar surface area (TPSA) is 46.5 Å². The second-order valence-corrected chi connectivity index (χ2v) is 4.25. The number of hydrogen-bond donors (Lipinski definition) is 1. The van der Waals surface area contributed by atoms with Crippen LogP contribution in [-0.2, 0) is 10.2 Å². The standard InChI is InChI=1S/C12H12F2O3/c13-11(14)17-9-3-1-8(2-4-9)12(5-6-12)7-10(15)16/h1-4,11H,5-7H2,(H,15,16). The predicted molar refractivity (Wildman–Crippen MR) is 56.2 cm³/mol. The zero-order chi connectivity index (χ0) is 12.5. The molecule has 1 aliphatic rings. The van der Waals surface area contributed by atoms with E-state index in [1.54, 1.807) is 12.1 Å². The van der Waals surface area contributed by atoms with Gasteiger partial charge in [-0.25, -0.2) is 0 Å². The third kappa shape index (κ3) is 2.72. The summed E-state index contributed by atoms with van der Waals surface area (Å²) >= 11 is 0. The lowest BCUT2D eigenvalue weighted by molar-refractivity contribution is -0.137. The Hall–Kier alpha value is -1.65. The molecule has 0 heterocycles. The quantitative estimate of drug-likeness (QED) is 0.863. The van der Waals surface area contributed by atoms with E-state index in [9.17, 15) is 13.6 Å². The number of hydrogen-bond acceptors (Lipinski definition) is 2. The summed E-state index contributed by atoms with van der Waals surface area (Å²) in [7, 11) is 0. The van der Waals surface area contributed by atoms with Crippen molar-refractivity contribution >= 4 is 5.97 Å². The van der Waals surface area contributed by atoms with E-state index >= 15 is 0 Å². The summed E-state index contributed by atoms with van der Waals surface area (Å²) in [5.41, 5.74) is 0.580. The Kier molecular flexibility index (Phi) is 3.00. The Bertz CT molecular complexity index is 410. The molecule has 0 aliphatic heterocycles. The smallest absolute Gasteiger partial charge is 0.387 e. The molecule has 5 heteroatoms. The molecule has 1 aromatic carbocycles. The molecule has 0 spiro atoms. The van der Waals surface area contributed by atoms with Crippen molar-refractivity contribution in [2.75, 3.05) is 0 Å². The van der Waals surface area contributed by atoms with Crippen LogP contribution in [0.15, 0.2) is 24.3 Å². The van der Waals surface area contributed by atoms with Crippen molar-refractivity contribution in [3.05, 3.63) is 29.8 Å². The molecular formula is C12H12F2O3. The maximum absolute atomic E-state index is 11.9. The molecule has 0 atom stereocenters. The number of alkyl halides is 2. The van der Waals surface area contributed by atoms with Gasteiger partial charge in [-0.15, -0.1) is 0 Å². The van der Waals surface area contributed by atoms with Gasteiger partial charge in [0.2, 0.25) is 0 Å². The van der Waals surface area contributed by atoms with Crippen molar-refractivity contribution < 1.29 is 23.4 Å². The van der Waals surface area contributed by atoms with E-state index in [1.807, 2.05) is 0 Å². The molecule has 0 bridgehead atoms. The van der Waals surface area contributed by atoms with E-state index < -0.39 is 12.6 Å². The van der Waals surface area contributed by atoms with Gasteiger partial charge in [0.25, 0.3) is 0 Å². The summed E-state index contributed by atoms with van der Waals surface area (Å²) in [4.78, 5) is 10.7. The van der Waals surface area contributed by atoms with Crippen LogP contribution in [0.2, 0.25) is 0 Å². The largest absolute Gasteiger partial charge is 0.481 e. The Labute approximate surface area is 97.0 Å². The van der Waals surface area contributed by atoms with Gasteiger partial charge in [-0.1, -0.05) is 12.1 Å². The normalized spacial score (nSPS) is 16.9. The predicted octanol–water partition coefficient (Wildman–Crippen LogP) is 2.79. The van der Waals surface area contributed by atoms with Crippen molar-refractivity contribution in [2.45, 2.75) is 31.3 Å². The first-order chi connectivity index (χ1) is 8.02. The van der Waals surface area contributed by atoms with Gasteiger partial charge >= 0.3 is 12.6 Å². The minimum absolute atomic E-state index is 0.0854. The average molecular weight is 242 g/mol. The minimum atomic E-state index is -2.84. The van der Waals surface area contributed by atoms with Crippen molar-refractivity contribution in [3.63, 3.8) is 0 Å².